The van der Waals surface area contributed by atoms with Gasteiger partial charge in [-0.1, -0.05) is 25.3 Å². The third-order valence-corrected chi connectivity index (χ3v) is 6.68. The third kappa shape index (κ3) is 5.00. The molecule has 0 spiro atoms. The molecule has 0 bridgehead atoms. The lowest BCUT2D eigenvalue weighted by atomic mass is 9.95. The number of benzene rings is 2. The van der Waals surface area contributed by atoms with E-state index in [0.29, 0.717) is 5.56 Å². The molecule has 3 aromatic rings. The van der Waals surface area contributed by atoms with E-state index >= 15 is 0 Å². The number of nitrogens with one attached hydrogen (secondary N) is 3. The molecule has 2 aromatic carbocycles. The summed E-state index contributed by atoms with van der Waals surface area (Å²) < 4.78 is 0. The second-order valence-electron chi connectivity index (χ2n) is 9.13. The van der Waals surface area contributed by atoms with E-state index < -0.39 is 0 Å². The number of allylic oxidation sites excluding steroid dienone is 1. The summed E-state index contributed by atoms with van der Waals surface area (Å²) in [4.78, 5) is 33.1. The van der Waals surface area contributed by atoms with Crippen molar-refractivity contribution in [2.75, 3.05) is 5.32 Å². The van der Waals surface area contributed by atoms with Gasteiger partial charge in [0, 0.05) is 28.4 Å². The van der Waals surface area contributed by atoms with Gasteiger partial charge in [-0.2, -0.15) is 0 Å². The van der Waals surface area contributed by atoms with Gasteiger partial charge >= 0.3 is 0 Å². The number of hydrogen-bond donors (Lipinski definition) is 3. The Labute approximate surface area is 193 Å². The summed E-state index contributed by atoms with van der Waals surface area (Å²) in [6.07, 6.45) is 11.9. The number of anilines is 1. The maximum Gasteiger partial charge on any atom is 0.251 e. The van der Waals surface area contributed by atoms with E-state index in [4.69, 9.17) is 0 Å². The van der Waals surface area contributed by atoms with Crippen LogP contribution in [0.25, 0.3) is 22.4 Å². The molecule has 5 rings (SSSR count). The van der Waals surface area contributed by atoms with E-state index in [-0.39, 0.29) is 17.9 Å². The Hall–Kier alpha value is -3.41. The molecule has 2 amide bonds. The summed E-state index contributed by atoms with van der Waals surface area (Å²) in [6, 6.07) is 13.6. The third-order valence-electron chi connectivity index (χ3n) is 6.68. The van der Waals surface area contributed by atoms with Crippen LogP contribution in [-0.2, 0) is 4.79 Å². The van der Waals surface area contributed by atoms with Gasteiger partial charge in [0.2, 0.25) is 0 Å². The zero-order valence-corrected chi connectivity index (χ0v) is 18.8. The van der Waals surface area contributed by atoms with Gasteiger partial charge < -0.3 is 15.6 Å². The summed E-state index contributed by atoms with van der Waals surface area (Å²) in [6.45, 7) is 0. The van der Waals surface area contributed by atoms with Crippen LogP contribution >= 0.6 is 0 Å². The Bertz CT molecular complexity index is 1190. The molecule has 0 aliphatic heterocycles. The highest BCUT2D eigenvalue weighted by Crippen LogP contribution is 2.25. The summed E-state index contributed by atoms with van der Waals surface area (Å²) in [5.74, 6) is 0.709. The standard InChI is InChI=1S/C27H30N4O2/c32-26(19-7-3-1-4-8-19)29-22-14-11-18(12-15-22)25-30-23-16-13-20(17-24(23)31-25)27(33)28-21-9-5-2-6-10-21/h7,11-17,21H,1-6,8-10H2,(H,28,33)(H,29,32)(H,30,31). The lowest BCUT2D eigenvalue weighted by molar-refractivity contribution is -0.113. The summed E-state index contributed by atoms with van der Waals surface area (Å²) in [7, 11) is 0. The summed E-state index contributed by atoms with van der Waals surface area (Å²) in [5, 5.41) is 6.16. The lowest BCUT2D eigenvalue weighted by Crippen LogP contribution is -2.36. The van der Waals surface area contributed by atoms with Crippen LogP contribution in [0.2, 0.25) is 0 Å². The monoisotopic (exact) mass is 442 g/mol. The molecule has 1 fully saturated rings. The Morgan fingerprint density at radius 2 is 1.73 bits per heavy atom. The van der Waals surface area contributed by atoms with E-state index in [9.17, 15) is 9.59 Å². The van der Waals surface area contributed by atoms with Crippen LogP contribution in [0.15, 0.2) is 54.1 Å². The van der Waals surface area contributed by atoms with E-state index in [0.717, 1.165) is 72.2 Å². The van der Waals surface area contributed by atoms with Gasteiger partial charge in [0.25, 0.3) is 11.8 Å². The summed E-state index contributed by atoms with van der Waals surface area (Å²) >= 11 is 0. The van der Waals surface area contributed by atoms with Crippen molar-refractivity contribution in [3.8, 4) is 11.4 Å². The highest BCUT2D eigenvalue weighted by Gasteiger charge is 2.17. The second-order valence-corrected chi connectivity index (χ2v) is 9.13. The van der Waals surface area contributed by atoms with Gasteiger partial charge in [-0.15, -0.1) is 0 Å². The van der Waals surface area contributed by atoms with Gasteiger partial charge in [-0.3, -0.25) is 9.59 Å². The predicted molar refractivity (Wildman–Crippen MR) is 131 cm³/mol. The number of imidazole rings is 1. The SMILES string of the molecule is O=C(Nc1ccc(-c2nc3ccc(C(=O)NC4CCCCC4)cc3[nH]2)cc1)C1=CCCCC1. The first-order valence-electron chi connectivity index (χ1n) is 12.1. The van der Waals surface area contributed by atoms with Crippen molar-refractivity contribution in [1.82, 2.24) is 15.3 Å². The molecule has 1 heterocycles. The van der Waals surface area contributed by atoms with Crippen LogP contribution in [0.1, 0.15) is 68.1 Å². The number of hydrogen-bond acceptors (Lipinski definition) is 3. The Morgan fingerprint density at radius 1 is 0.909 bits per heavy atom. The van der Waals surface area contributed by atoms with E-state index in [2.05, 4.69) is 20.6 Å². The molecular weight excluding hydrogens is 412 g/mol. The number of aromatic amines is 1. The van der Waals surface area contributed by atoms with Gasteiger partial charge in [0.1, 0.15) is 5.82 Å². The van der Waals surface area contributed by atoms with Crippen LogP contribution in [0, 0.1) is 0 Å². The largest absolute Gasteiger partial charge is 0.349 e. The number of nitrogens with zero attached hydrogens (tertiary/aromatic N) is 1. The zero-order chi connectivity index (χ0) is 22.6. The van der Waals surface area contributed by atoms with Crippen molar-refractivity contribution in [1.29, 1.82) is 0 Å². The first-order chi connectivity index (χ1) is 16.2. The van der Waals surface area contributed by atoms with Crippen LogP contribution in [0.4, 0.5) is 5.69 Å². The molecule has 0 radical (unpaired) electrons. The number of H-pyrrole nitrogens is 1. The Balaban J connectivity index is 1.28. The summed E-state index contributed by atoms with van der Waals surface area (Å²) in [5.41, 5.74) is 4.88. The highest BCUT2D eigenvalue weighted by molar-refractivity contribution is 6.04. The Kier molecular flexibility index (Phi) is 6.24. The number of rotatable bonds is 5. The first-order valence-corrected chi connectivity index (χ1v) is 12.1. The van der Waals surface area contributed by atoms with Crippen LogP contribution in [-0.4, -0.2) is 27.8 Å². The first kappa shape index (κ1) is 21.4. The molecule has 6 heteroatoms. The number of aromatic nitrogens is 2. The van der Waals surface area contributed by atoms with Crippen molar-refractivity contribution in [2.45, 2.75) is 63.8 Å². The lowest BCUT2D eigenvalue weighted by Gasteiger charge is -2.22. The normalized spacial score (nSPS) is 16.9. The predicted octanol–water partition coefficient (Wildman–Crippen LogP) is 5.73. The molecule has 0 unspecified atom stereocenters. The molecule has 1 aromatic heterocycles. The van der Waals surface area contributed by atoms with Gasteiger partial charge in [-0.05, 0) is 81.0 Å². The van der Waals surface area contributed by atoms with Crippen LogP contribution < -0.4 is 10.6 Å². The fourth-order valence-corrected chi connectivity index (χ4v) is 4.77. The number of amides is 2. The maximum absolute atomic E-state index is 12.7. The van der Waals surface area contributed by atoms with E-state index in [1.165, 1.54) is 19.3 Å². The van der Waals surface area contributed by atoms with Gasteiger partial charge in [-0.25, -0.2) is 4.98 Å². The molecule has 170 valence electrons. The molecule has 2 aliphatic carbocycles. The second kappa shape index (κ2) is 9.61. The van der Waals surface area contributed by atoms with Crippen LogP contribution in [0.3, 0.4) is 0 Å². The van der Waals surface area contributed by atoms with Gasteiger partial charge in [0.05, 0.1) is 11.0 Å². The number of carbonyl (C=O) groups is 2. The van der Waals surface area contributed by atoms with Crippen molar-refractivity contribution in [2.24, 2.45) is 0 Å². The van der Waals surface area contributed by atoms with Gasteiger partial charge in [0.15, 0.2) is 0 Å². The Morgan fingerprint density at radius 3 is 2.48 bits per heavy atom. The number of fused-ring (bicyclic) bond motifs is 1. The average Bonchev–Trinajstić information content (AvgIpc) is 3.29. The molecular formula is C27H30N4O2. The molecule has 0 saturated heterocycles. The van der Waals surface area contributed by atoms with E-state index in [1.54, 1.807) is 0 Å². The van der Waals surface area contributed by atoms with Crippen LogP contribution in [0.5, 0.6) is 0 Å². The minimum Gasteiger partial charge on any atom is -0.349 e. The zero-order valence-electron chi connectivity index (χ0n) is 18.8. The topological polar surface area (TPSA) is 86.9 Å². The molecule has 6 nitrogen and oxygen atoms in total. The highest BCUT2D eigenvalue weighted by atomic mass is 16.2. The van der Waals surface area contributed by atoms with Crippen molar-refractivity contribution in [3.63, 3.8) is 0 Å². The molecule has 2 aliphatic rings. The minimum absolute atomic E-state index is 0.00906. The number of carbonyl (C=O) groups excluding carboxylic acids is 2. The quantitative estimate of drug-likeness (QED) is 0.471. The molecule has 0 atom stereocenters. The molecule has 3 N–H and O–H groups in total. The van der Waals surface area contributed by atoms with Crippen molar-refractivity contribution in [3.05, 3.63) is 59.7 Å². The van der Waals surface area contributed by atoms with Crippen molar-refractivity contribution >= 4 is 28.5 Å². The minimum atomic E-state index is -0.0203. The molecule has 33 heavy (non-hydrogen) atoms. The average molecular weight is 443 g/mol. The molecule has 1 saturated carbocycles. The smallest absolute Gasteiger partial charge is 0.251 e. The maximum atomic E-state index is 12.7. The fraction of sp³-hybridized carbons (Fsp3) is 0.370. The van der Waals surface area contributed by atoms with Crippen molar-refractivity contribution < 1.29 is 9.59 Å². The fourth-order valence-electron chi connectivity index (χ4n) is 4.77. The van der Waals surface area contributed by atoms with E-state index in [1.807, 2.05) is 48.5 Å².